The minimum atomic E-state index is -0.185. The molecule has 0 aromatic heterocycles. The summed E-state index contributed by atoms with van der Waals surface area (Å²) < 4.78 is 0. The molecule has 0 atom stereocenters. The largest absolute Gasteiger partial charge is 0.399 e. The molecule has 0 fully saturated rings. The Kier molecular flexibility index (Phi) is 3.58. The Morgan fingerprint density at radius 2 is 2.00 bits per heavy atom. The van der Waals surface area contributed by atoms with E-state index in [1.165, 1.54) is 0 Å². The highest BCUT2D eigenvalue weighted by molar-refractivity contribution is 5.95. The van der Waals surface area contributed by atoms with Crippen molar-refractivity contribution in [3.63, 3.8) is 0 Å². The van der Waals surface area contributed by atoms with E-state index in [0.717, 1.165) is 12.0 Å². The quantitative estimate of drug-likeness (QED) is 0.769. The molecular formula is C13H20N2O. The first-order chi connectivity index (χ1) is 7.34. The van der Waals surface area contributed by atoms with Gasteiger partial charge >= 0.3 is 0 Å². The van der Waals surface area contributed by atoms with Crippen molar-refractivity contribution in [1.82, 2.24) is 5.32 Å². The molecule has 0 aliphatic rings. The molecule has 3 heteroatoms. The molecule has 3 nitrogen and oxygen atoms in total. The van der Waals surface area contributed by atoms with Crippen LogP contribution >= 0.6 is 0 Å². The van der Waals surface area contributed by atoms with Crippen LogP contribution in [0, 0.1) is 6.92 Å². The number of hydrogen-bond acceptors (Lipinski definition) is 2. The van der Waals surface area contributed by atoms with Crippen LogP contribution in [0.4, 0.5) is 5.69 Å². The van der Waals surface area contributed by atoms with Crippen LogP contribution in [0.1, 0.15) is 43.1 Å². The van der Waals surface area contributed by atoms with Gasteiger partial charge in [0.05, 0.1) is 0 Å². The van der Waals surface area contributed by atoms with Gasteiger partial charge in [-0.3, -0.25) is 4.79 Å². The fourth-order valence-corrected chi connectivity index (χ4v) is 1.41. The molecule has 1 aromatic carbocycles. The van der Waals surface area contributed by atoms with Gasteiger partial charge in [0.15, 0.2) is 0 Å². The fourth-order valence-electron chi connectivity index (χ4n) is 1.41. The Balaban J connectivity index is 2.89. The molecule has 3 N–H and O–H groups in total. The third kappa shape index (κ3) is 3.26. The van der Waals surface area contributed by atoms with Crippen molar-refractivity contribution in [3.8, 4) is 0 Å². The fraction of sp³-hybridized carbons (Fsp3) is 0.462. The minimum absolute atomic E-state index is 0.0674. The third-order valence-electron chi connectivity index (χ3n) is 2.70. The maximum absolute atomic E-state index is 12.0. The van der Waals surface area contributed by atoms with Crippen molar-refractivity contribution in [3.05, 3.63) is 29.3 Å². The van der Waals surface area contributed by atoms with Crippen LogP contribution in [-0.2, 0) is 0 Å². The van der Waals surface area contributed by atoms with Crippen LogP contribution in [0.3, 0.4) is 0 Å². The molecule has 0 radical (unpaired) electrons. The number of rotatable bonds is 3. The SMILES string of the molecule is CCC(C)(C)NC(=O)c1cc(C)cc(N)c1. The van der Waals surface area contributed by atoms with E-state index in [-0.39, 0.29) is 11.4 Å². The van der Waals surface area contributed by atoms with Crippen molar-refractivity contribution in [1.29, 1.82) is 0 Å². The molecule has 0 aliphatic carbocycles. The van der Waals surface area contributed by atoms with Gasteiger partial charge in [0.25, 0.3) is 5.91 Å². The summed E-state index contributed by atoms with van der Waals surface area (Å²) in [6, 6.07) is 5.40. The van der Waals surface area contributed by atoms with Gasteiger partial charge in [-0.25, -0.2) is 0 Å². The molecule has 1 amide bonds. The molecule has 0 aliphatic heterocycles. The van der Waals surface area contributed by atoms with Crippen molar-refractivity contribution in [2.24, 2.45) is 0 Å². The van der Waals surface area contributed by atoms with Crippen LogP contribution in [0.5, 0.6) is 0 Å². The average Bonchev–Trinajstić information content (AvgIpc) is 2.15. The lowest BCUT2D eigenvalue weighted by molar-refractivity contribution is 0.0911. The highest BCUT2D eigenvalue weighted by Gasteiger charge is 2.18. The van der Waals surface area contributed by atoms with E-state index in [1.807, 2.05) is 39.8 Å². The number of carbonyl (C=O) groups is 1. The van der Waals surface area contributed by atoms with Crippen molar-refractivity contribution in [2.75, 3.05) is 5.73 Å². The minimum Gasteiger partial charge on any atom is -0.399 e. The maximum atomic E-state index is 12.0. The molecule has 0 saturated heterocycles. The van der Waals surface area contributed by atoms with Gasteiger partial charge in [-0.05, 0) is 51.0 Å². The third-order valence-corrected chi connectivity index (χ3v) is 2.70. The Hall–Kier alpha value is -1.51. The first-order valence-corrected chi connectivity index (χ1v) is 5.54. The normalized spacial score (nSPS) is 11.2. The molecule has 0 heterocycles. The van der Waals surface area contributed by atoms with Gasteiger partial charge in [0.1, 0.15) is 0 Å². The number of carbonyl (C=O) groups excluding carboxylic acids is 1. The number of amides is 1. The van der Waals surface area contributed by atoms with Crippen LogP contribution in [0.2, 0.25) is 0 Å². The zero-order chi connectivity index (χ0) is 12.3. The Labute approximate surface area is 97.0 Å². The molecular weight excluding hydrogens is 200 g/mol. The van der Waals surface area contributed by atoms with Crippen LogP contribution in [0.15, 0.2) is 18.2 Å². The first kappa shape index (κ1) is 12.6. The lowest BCUT2D eigenvalue weighted by Gasteiger charge is -2.24. The summed E-state index contributed by atoms with van der Waals surface area (Å²) in [4.78, 5) is 12.0. The lowest BCUT2D eigenvalue weighted by atomic mass is 10.0. The topological polar surface area (TPSA) is 55.1 Å². The van der Waals surface area contributed by atoms with E-state index in [0.29, 0.717) is 11.3 Å². The van der Waals surface area contributed by atoms with E-state index >= 15 is 0 Å². The summed E-state index contributed by atoms with van der Waals surface area (Å²) in [5.74, 6) is -0.0674. The number of benzene rings is 1. The molecule has 0 unspecified atom stereocenters. The zero-order valence-electron chi connectivity index (χ0n) is 10.4. The van der Waals surface area contributed by atoms with Crippen molar-refractivity contribution >= 4 is 11.6 Å². The number of nitrogen functional groups attached to an aromatic ring is 1. The second-order valence-corrected chi connectivity index (χ2v) is 4.82. The van der Waals surface area contributed by atoms with Crippen LogP contribution in [-0.4, -0.2) is 11.4 Å². The van der Waals surface area contributed by atoms with Gasteiger partial charge in [-0.1, -0.05) is 6.92 Å². The van der Waals surface area contributed by atoms with Gasteiger partial charge in [0, 0.05) is 16.8 Å². The smallest absolute Gasteiger partial charge is 0.251 e. The summed E-state index contributed by atoms with van der Waals surface area (Å²) >= 11 is 0. The molecule has 88 valence electrons. The van der Waals surface area contributed by atoms with E-state index in [1.54, 1.807) is 6.07 Å². The standard InChI is InChI=1S/C13H20N2O/c1-5-13(3,4)15-12(16)10-6-9(2)7-11(14)8-10/h6-8H,5,14H2,1-4H3,(H,15,16). The molecule has 16 heavy (non-hydrogen) atoms. The van der Waals surface area contributed by atoms with Crippen molar-refractivity contribution < 1.29 is 4.79 Å². The van der Waals surface area contributed by atoms with Crippen LogP contribution < -0.4 is 11.1 Å². The monoisotopic (exact) mass is 220 g/mol. The summed E-state index contributed by atoms with van der Waals surface area (Å²) in [5, 5.41) is 2.98. The molecule has 1 rings (SSSR count). The molecule has 1 aromatic rings. The van der Waals surface area contributed by atoms with Gasteiger partial charge < -0.3 is 11.1 Å². The van der Waals surface area contributed by atoms with Crippen molar-refractivity contribution in [2.45, 2.75) is 39.7 Å². The second-order valence-electron chi connectivity index (χ2n) is 4.82. The van der Waals surface area contributed by atoms with Gasteiger partial charge in [0.2, 0.25) is 0 Å². The highest BCUT2D eigenvalue weighted by atomic mass is 16.1. The Morgan fingerprint density at radius 3 is 2.50 bits per heavy atom. The van der Waals surface area contributed by atoms with E-state index < -0.39 is 0 Å². The maximum Gasteiger partial charge on any atom is 0.251 e. The molecule has 0 spiro atoms. The molecule has 0 saturated carbocycles. The number of anilines is 1. The Bertz CT molecular complexity index is 377. The predicted octanol–water partition coefficient (Wildman–Crippen LogP) is 2.50. The highest BCUT2D eigenvalue weighted by Crippen LogP contribution is 2.13. The van der Waals surface area contributed by atoms with Crippen LogP contribution in [0.25, 0.3) is 0 Å². The number of hydrogen-bond donors (Lipinski definition) is 2. The summed E-state index contributed by atoms with van der Waals surface area (Å²) in [5.41, 5.74) is 7.78. The summed E-state index contributed by atoms with van der Waals surface area (Å²) in [6.45, 7) is 7.98. The number of nitrogens with two attached hydrogens (primary N) is 1. The average molecular weight is 220 g/mol. The first-order valence-electron chi connectivity index (χ1n) is 5.54. The zero-order valence-corrected chi connectivity index (χ0v) is 10.4. The summed E-state index contributed by atoms with van der Waals surface area (Å²) in [6.07, 6.45) is 0.889. The summed E-state index contributed by atoms with van der Waals surface area (Å²) in [7, 11) is 0. The predicted molar refractivity (Wildman–Crippen MR) is 67.4 cm³/mol. The molecule has 0 bridgehead atoms. The number of aryl methyl sites for hydroxylation is 1. The Morgan fingerprint density at radius 1 is 1.38 bits per heavy atom. The van der Waals surface area contributed by atoms with Gasteiger partial charge in [-0.15, -0.1) is 0 Å². The lowest BCUT2D eigenvalue weighted by Crippen LogP contribution is -2.42. The number of nitrogens with one attached hydrogen (secondary N) is 1. The second kappa shape index (κ2) is 4.56. The van der Waals surface area contributed by atoms with Gasteiger partial charge in [-0.2, -0.15) is 0 Å². The van der Waals surface area contributed by atoms with E-state index in [2.05, 4.69) is 5.32 Å². The van der Waals surface area contributed by atoms with E-state index in [9.17, 15) is 4.79 Å². The van der Waals surface area contributed by atoms with E-state index in [4.69, 9.17) is 5.73 Å².